The predicted molar refractivity (Wildman–Crippen MR) is 91.6 cm³/mol. The maximum atomic E-state index is 12.7. The Balaban J connectivity index is 1.53. The van der Waals surface area contributed by atoms with Gasteiger partial charge in [-0.2, -0.15) is 0 Å². The summed E-state index contributed by atoms with van der Waals surface area (Å²) in [5.41, 5.74) is 4.87. The molecule has 2 heterocycles. The first-order chi connectivity index (χ1) is 11.3. The van der Waals surface area contributed by atoms with Crippen LogP contribution in [-0.4, -0.2) is 23.9 Å². The fourth-order valence-corrected chi connectivity index (χ4v) is 4.06. The number of carbonyl (C=O) groups excluding carboxylic acids is 1. The second kappa shape index (κ2) is 6.38. The van der Waals surface area contributed by atoms with Crippen LogP contribution in [0.1, 0.15) is 55.2 Å². The highest BCUT2D eigenvalue weighted by molar-refractivity contribution is 5.88. The summed E-state index contributed by atoms with van der Waals surface area (Å²) >= 11 is 0. The molecule has 1 aromatic carbocycles. The molecule has 2 aliphatic rings. The van der Waals surface area contributed by atoms with Gasteiger partial charge in [-0.1, -0.05) is 19.3 Å². The minimum absolute atomic E-state index is 0.259. The smallest absolute Gasteiger partial charge is 0.227 e. The van der Waals surface area contributed by atoms with Crippen molar-refractivity contribution >= 4 is 16.9 Å². The van der Waals surface area contributed by atoms with Gasteiger partial charge in [0, 0.05) is 24.0 Å². The van der Waals surface area contributed by atoms with E-state index < -0.39 is 0 Å². The van der Waals surface area contributed by atoms with Crippen LogP contribution >= 0.6 is 0 Å². The van der Waals surface area contributed by atoms with E-state index in [0.717, 1.165) is 55.3 Å². The van der Waals surface area contributed by atoms with Crippen molar-refractivity contribution in [2.45, 2.75) is 57.8 Å². The highest BCUT2D eigenvalue weighted by Crippen LogP contribution is 2.30. The third-order valence-corrected chi connectivity index (χ3v) is 5.42. The lowest BCUT2D eigenvalue weighted by atomic mass is 10.0. The molecule has 1 aromatic heterocycles. The molecule has 23 heavy (non-hydrogen) atoms. The number of fused-ring (bicyclic) bond motifs is 2. The lowest BCUT2D eigenvalue weighted by Crippen LogP contribution is -2.34. The lowest BCUT2D eigenvalue weighted by molar-refractivity contribution is -0.130. The van der Waals surface area contributed by atoms with Crippen molar-refractivity contribution < 1.29 is 9.21 Å². The Morgan fingerprint density at radius 2 is 1.65 bits per heavy atom. The van der Waals surface area contributed by atoms with E-state index in [-0.39, 0.29) is 5.91 Å². The number of hydrogen-bond acceptors (Lipinski definition) is 2. The molecule has 0 spiro atoms. The quantitative estimate of drug-likeness (QED) is 0.830. The fourth-order valence-electron chi connectivity index (χ4n) is 4.06. The van der Waals surface area contributed by atoms with E-state index in [1.54, 1.807) is 6.26 Å². The Hall–Kier alpha value is -1.77. The van der Waals surface area contributed by atoms with Gasteiger partial charge < -0.3 is 9.32 Å². The molecule has 3 heteroatoms. The van der Waals surface area contributed by atoms with Crippen molar-refractivity contribution in [3.05, 3.63) is 35.1 Å². The van der Waals surface area contributed by atoms with Gasteiger partial charge in [0.1, 0.15) is 5.58 Å². The van der Waals surface area contributed by atoms with Gasteiger partial charge >= 0.3 is 0 Å². The van der Waals surface area contributed by atoms with Gasteiger partial charge in [0.15, 0.2) is 0 Å². The summed E-state index contributed by atoms with van der Waals surface area (Å²) in [5, 5.41) is 1.14. The van der Waals surface area contributed by atoms with Gasteiger partial charge in [-0.05, 0) is 55.4 Å². The van der Waals surface area contributed by atoms with Crippen LogP contribution in [0.25, 0.3) is 11.0 Å². The first kappa shape index (κ1) is 14.8. The number of benzene rings is 1. The third-order valence-electron chi connectivity index (χ3n) is 5.42. The van der Waals surface area contributed by atoms with Gasteiger partial charge in [-0.25, -0.2) is 0 Å². The number of hydrogen-bond donors (Lipinski definition) is 0. The van der Waals surface area contributed by atoms with Crippen LogP contribution in [0.4, 0.5) is 0 Å². The maximum absolute atomic E-state index is 12.7. The van der Waals surface area contributed by atoms with E-state index in [9.17, 15) is 4.79 Å². The van der Waals surface area contributed by atoms with Crippen LogP contribution in [0.3, 0.4) is 0 Å². The molecule has 0 unspecified atom stereocenters. The molecule has 2 aromatic rings. The molecule has 1 aliphatic heterocycles. The molecular weight excluding hydrogens is 286 g/mol. The van der Waals surface area contributed by atoms with E-state index in [4.69, 9.17) is 4.42 Å². The van der Waals surface area contributed by atoms with E-state index in [1.807, 2.05) is 0 Å². The largest absolute Gasteiger partial charge is 0.464 e. The van der Waals surface area contributed by atoms with Crippen LogP contribution < -0.4 is 0 Å². The molecule has 0 bridgehead atoms. The highest BCUT2D eigenvalue weighted by atomic mass is 16.3. The van der Waals surface area contributed by atoms with Gasteiger partial charge in [0.05, 0.1) is 12.7 Å². The zero-order valence-electron chi connectivity index (χ0n) is 13.8. The van der Waals surface area contributed by atoms with E-state index >= 15 is 0 Å². The summed E-state index contributed by atoms with van der Waals surface area (Å²) in [7, 11) is 0. The van der Waals surface area contributed by atoms with Crippen LogP contribution in [0.15, 0.2) is 22.8 Å². The van der Waals surface area contributed by atoms with Gasteiger partial charge in [0.25, 0.3) is 0 Å². The number of aryl methyl sites for hydroxylation is 2. The average Bonchev–Trinajstić information content (AvgIpc) is 3.11. The molecule has 4 rings (SSSR count). The second-order valence-electron chi connectivity index (χ2n) is 7.06. The molecule has 122 valence electrons. The Labute approximate surface area is 137 Å². The molecule has 0 N–H and O–H groups in total. The number of nitrogens with zero attached hydrogens (tertiary/aromatic N) is 1. The van der Waals surface area contributed by atoms with Crippen molar-refractivity contribution in [3.8, 4) is 0 Å². The minimum Gasteiger partial charge on any atom is -0.464 e. The zero-order chi connectivity index (χ0) is 15.6. The third kappa shape index (κ3) is 3.01. The Bertz CT molecular complexity index is 708. The normalized spacial score (nSPS) is 18.7. The van der Waals surface area contributed by atoms with Crippen LogP contribution in [0.2, 0.25) is 0 Å². The number of furan rings is 1. The summed E-state index contributed by atoms with van der Waals surface area (Å²) in [6, 6.07) is 4.44. The van der Waals surface area contributed by atoms with Crippen molar-refractivity contribution in [3.63, 3.8) is 0 Å². The van der Waals surface area contributed by atoms with Crippen molar-refractivity contribution in [2.75, 3.05) is 13.1 Å². The first-order valence-electron chi connectivity index (χ1n) is 9.11. The molecule has 1 fully saturated rings. The summed E-state index contributed by atoms with van der Waals surface area (Å²) in [6.07, 6.45) is 12.0. The lowest BCUT2D eigenvalue weighted by Gasteiger charge is -2.24. The van der Waals surface area contributed by atoms with Crippen LogP contribution in [0.5, 0.6) is 0 Å². The molecule has 0 saturated carbocycles. The van der Waals surface area contributed by atoms with Gasteiger partial charge in [0.2, 0.25) is 5.91 Å². The van der Waals surface area contributed by atoms with Crippen molar-refractivity contribution in [1.29, 1.82) is 0 Å². The van der Waals surface area contributed by atoms with E-state index in [2.05, 4.69) is 17.0 Å². The average molecular weight is 311 g/mol. The van der Waals surface area contributed by atoms with Gasteiger partial charge in [-0.3, -0.25) is 4.79 Å². The number of carbonyl (C=O) groups is 1. The van der Waals surface area contributed by atoms with Crippen LogP contribution in [0, 0.1) is 0 Å². The summed E-state index contributed by atoms with van der Waals surface area (Å²) in [6.45, 7) is 1.84. The number of likely N-dealkylation sites (tertiary alicyclic amines) is 1. The second-order valence-corrected chi connectivity index (χ2v) is 7.06. The number of rotatable bonds is 2. The number of amides is 1. The van der Waals surface area contributed by atoms with Crippen molar-refractivity contribution in [2.24, 2.45) is 0 Å². The standard InChI is InChI=1S/C20H25NO2/c22-20(21-9-4-2-1-3-5-10-21)13-17-14-23-19-12-16-8-6-7-15(16)11-18(17)19/h11-12,14H,1-10,13H2. The van der Waals surface area contributed by atoms with Crippen LogP contribution in [-0.2, 0) is 24.1 Å². The van der Waals surface area contributed by atoms with E-state index in [0.29, 0.717) is 6.42 Å². The molecular formula is C20H25NO2. The Morgan fingerprint density at radius 3 is 2.43 bits per heavy atom. The van der Waals surface area contributed by atoms with Gasteiger partial charge in [-0.15, -0.1) is 0 Å². The molecule has 3 nitrogen and oxygen atoms in total. The highest BCUT2D eigenvalue weighted by Gasteiger charge is 2.19. The topological polar surface area (TPSA) is 33.5 Å². The molecule has 1 amide bonds. The SMILES string of the molecule is O=C(Cc1coc2cc3c(cc12)CCC3)N1CCCCCCC1. The predicted octanol–water partition coefficient (Wildman–Crippen LogP) is 4.26. The molecule has 1 saturated heterocycles. The first-order valence-corrected chi connectivity index (χ1v) is 9.11. The molecule has 0 atom stereocenters. The van der Waals surface area contributed by atoms with Crippen molar-refractivity contribution in [1.82, 2.24) is 4.90 Å². The van der Waals surface area contributed by atoms with E-state index in [1.165, 1.54) is 36.8 Å². The Kier molecular flexibility index (Phi) is 4.11. The fraction of sp³-hybridized carbons (Fsp3) is 0.550. The Morgan fingerprint density at radius 1 is 0.957 bits per heavy atom. The zero-order valence-corrected chi connectivity index (χ0v) is 13.8. The molecule has 1 aliphatic carbocycles. The molecule has 0 radical (unpaired) electrons. The minimum atomic E-state index is 0.259. The summed E-state index contributed by atoms with van der Waals surface area (Å²) in [4.78, 5) is 14.8. The monoisotopic (exact) mass is 311 g/mol. The summed E-state index contributed by atoms with van der Waals surface area (Å²) < 4.78 is 5.74. The maximum Gasteiger partial charge on any atom is 0.227 e. The summed E-state index contributed by atoms with van der Waals surface area (Å²) in [5.74, 6) is 0.259.